The largest absolute Gasteiger partial charge is 0.491 e. The molecular formula is C42H70O12. The van der Waals surface area contributed by atoms with Crippen molar-refractivity contribution in [2.24, 2.45) is 11.3 Å². The summed E-state index contributed by atoms with van der Waals surface area (Å²) in [6.45, 7) is 11.1. The molecular weight excluding hydrogens is 696 g/mol. The fourth-order valence-electron chi connectivity index (χ4n) is 5.93. The Balaban J connectivity index is 1.52. The summed E-state index contributed by atoms with van der Waals surface area (Å²) < 4.78 is 49.1. The van der Waals surface area contributed by atoms with Gasteiger partial charge in [0.05, 0.1) is 78.4 Å². The van der Waals surface area contributed by atoms with Gasteiger partial charge < -0.3 is 42.6 Å². The number of carbonyl (C=O) groups is 3. The number of ether oxygens (including phenoxy) is 9. The predicted octanol–water partition coefficient (Wildman–Crippen LogP) is 7.28. The van der Waals surface area contributed by atoms with E-state index in [0.717, 1.165) is 25.0 Å². The number of hydrogen-bond acceptors (Lipinski definition) is 12. The van der Waals surface area contributed by atoms with E-state index in [4.69, 9.17) is 42.6 Å². The van der Waals surface area contributed by atoms with E-state index in [1.54, 1.807) is 0 Å². The van der Waals surface area contributed by atoms with Gasteiger partial charge in [0, 0.05) is 6.42 Å². The van der Waals surface area contributed by atoms with E-state index in [9.17, 15) is 14.4 Å². The van der Waals surface area contributed by atoms with Gasteiger partial charge in [-0.25, -0.2) is 0 Å². The first-order chi connectivity index (χ1) is 26.3. The number of para-hydroxylation sites is 1. The molecule has 12 heteroatoms. The Kier molecular flexibility index (Phi) is 27.6. The summed E-state index contributed by atoms with van der Waals surface area (Å²) >= 11 is 0. The number of rotatable bonds is 37. The first kappa shape index (κ1) is 47.4. The van der Waals surface area contributed by atoms with Gasteiger partial charge in [-0.05, 0) is 36.8 Å². The van der Waals surface area contributed by atoms with Crippen LogP contribution in [0.1, 0.15) is 111 Å². The van der Waals surface area contributed by atoms with Crippen LogP contribution in [-0.4, -0.2) is 110 Å². The highest BCUT2D eigenvalue weighted by Crippen LogP contribution is 2.36. The summed E-state index contributed by atoms with van der Waals surface area (Å²) in [5, 5.41) is 0. The van der Waals surface area contributed by atoms with Crippen LogP contribution < -0.4 is 4.74 Å². The van der Waals surface area contributed by atoms with Crippen molar-refractivity contribution in [3.63, 3.8) is 0 Å². The Hall–Kier alpha value is -2.77. The van der Waals surface area contributed by atoms with Gasteiger partial charge in [0.2, 0.25) is 0 Å². The maximum absolute atomic E-state index is 12.8. The highest BCUT2D eigenvalue weighted by atomic mass is 16.6. The summed E-state index contributed by atoms with van der Waals surface area (Å²) in [5.74, 6) is -0.645. The van der Waals surface area contributed by atoms with E-state index >= 15 is 0 Å². The molecule has 12 nitrogen and oxygen atoms in total. The number of esters is 3. The minimum Gasteiger partial charge on any atom is -0.491 e. The highest BCUT2D eigenvalue weighted by Gasteiger charge is 2.34. The molecule has 1 fully saturated rings. The molecule has 3 atom stereocenters. The van der Waals surface area contributed by atoms with Gasteiger partial charge in [-0.3, -0.25) is 14.4 Å². The van der Waals surface area contributed by atoms with Crippen molar-refractivity contribution in [1.82, 2.24) is 0 Å². The first-order valence-corrected chi connectivity index (χ1v) is 20.4. The smallest absolute Gasteiger partial charge is 0.308 e. The molecule has 0 saturated carbocycles. The average Bonchev–Trinajstić information content (AvgIpc) is 4.00. The van der Waals surface area contributed by atoms with Gasteiger partial charge in [0.15, 0.2) is 0 Å². The summed E-state index contributed by atoms with van der Waals surface area (Å²) in [4.78, 5) is 38.1. The molecule has 0 aromatic heterocycles. The Morgan fingerprint density at radius 2 is 1.22 bits per heavy atom. The Labute approximate surface area is 324 Å². The molecule has 0 radical (unpaired) electrons. The maximum atomic E-state index is 12.8. The quantitative estimate of drug-likeness (QED) is 0.0291. The third-order valence-electron chi connectivity index (χ3n) is 9.13. The highest BCUT2D eigenvalue weighted by molar-refractivity contribution is 5.73. The van der Waals surface area contributed by atoms with Crippen LogP contribution in [0, 0.1) is 11.3 Å². The molecule has 0 amide bonds. The van der Waals surface area contributed by atoms with Crippen molar-refractivity contribution in [2.75, 3.05) is 85.9 Å². The number of carbonyl (C=O) groups excluding carboxylic acids is 3. The molecule has 0 N–H and O–H groups in total. The number of benzene rings is 1. The van der Waals surface area contributed by atoms with Crippen LogP contribution >= 0.6 is 0 Å². The number of epoxide rings is 1. The molecule has 0 aliphatic carbocycles. The topological polar surface area (TPSA) is 138 Å². The van der Waals surface area contributed by atoms with Crippen molar-refractivity contribution < 1.29 is 57.0 Å². The zero-order valence-corrected chi connectivity index (χ0v) is 33.5. The summed E-state index contributed by atoms with van der Waals surface area (Å²) in [6, 6.07) is 9.60. The van der Waals surface area contributed by atoms with E-state index in [1.165, 1.54) is 44.9 Å². The van der Waals surface area contributed by atoms with Crippen molar-refractivity contribution in [3.05, 3.63) is 30.3 Å². The van der Waals surface area contributed by atoms with Gasteiger partial charge in [-0.1, -0.05) is 96.8 Å². The lowest BCUT2D eigenvalue weighted by Gasteiger charge is -2.30. The van der Waals surface area contributed by atoms with Gasteiger partial charge in [0.25, 0.3) is 0 Å². The van der Waals surface area contributed by atoms with Gasteiger partial charge in [0.1, 0.15) is 31.7 Å². The van der Waals surface area contributed by atoms with E-state index in [1.807, 2.05) is 44.2 Å². The van der Waals surface area contributed by atoms with Crippen LogP contribution in [0.15, 0.2) is 30.3 Å². The number of unbranched alkanes of at least 4 members (excludes halogenated alkanes) is 9. The van der Waals surface area contributed by atoms with Crippen molar-refractivity contribution in [1.29, 1.82) is 0 Å². The molecule has 1 aliphatic heterocycles. The fourth-order valence-corrected chi connectivity index (χ4v) is 5.93. The predicted molar refractivity (Wildman–Crippen MR) is 205 cm³/mol. The molecule has 0 spiro atoms. The summed E-state index contributed by atoms with van der Waals surface area (Å²) in [7, 11) is 0. The minimum atomic E-state index is -0.655. The minimum absolute atomic E-state index is 0.0365. The molecule has 0 bridgehead atoms. The molecule has 3 unspecified atom stereocenters. The van der Waals surface area contributed by atoms with E-state index < -0.39 is 11.3 Å². The zero-order valence-electron chi connectivity index (χ0n) is 33.5. The van der Waals surface area contributed by atoms with Crippen LogP contribution in [0.2, 0.25) is 0 Å². The molecule has 1 saturated heterocycles. The standard InChI is InChI=1S/C42H70O12/c1-4-5-6-7-8-9-10-11-12-16-21-52-41(45)36(2)32-42(3,33-40(44)54-35-38-34-53-38)20-19-39(43)51-31-29-49-27-25-47-23-22-46-24-26-48-28-30-50-37-17-14-13-15-18-37/h13-15,17-18,36,38H,4-12,16,19-35H2,1-3H3. The van der Waals surface area contributed by atoms with Crippen LogP contribution in [0.3, 0.4) is 0 Å². The Morgan fingerprint density at radius 3 is 1.80 bits per heavy atom. The van der Waals surface area contributed by atoms with Gasteiger partial charge in [-0.2, -0.15) is 0 Å². The van der Waals surface area contributed by atoms with Gasteiger partial charge >= 0.3 is 17.9 Å². The Morgan fingerprint density at radius 1 is 0.685 bits per heavy atom. The second-order valence-corrected chi connectivity index (χ2v) is 14.4. The normalized spacial score (nSPS) is 15.3. The van der Waals surface area contributed by atoms with Crippen LogP contribution in [0.25, 0.3) is 0 Å². The van der Waals surface area contributed by atoms with Crippen molar-refractivity contribution >= 4 is 17.9 Å². The average molecular weight is 767 g/mol. The molecule has 1 heterocycles. The molecule has 2 rings (SSSR count). The maximum Gasteiger partial charge on any atom is 0.308 e. The second kappa shape index (κ2) is 31.4. The molecule has 1 aromatic rings. The molecule has 310 valence electrons. The van der Waals surface area contributed by atoms with E-state index in [2.05, 4.69) is 6.92 Å². The van der Waals surface area contributed by atoms with Crippen LogP contribution in [-0.2, 0) is 52.3 Å². The third-order valence-corrected chi connectivity index (χ3v) is 9.13. The SMILES string of the molecule is CCCCCCCCCCCCOC(=O)C(C)CC(C)(CCC(=O)OCCOCCOCCOCCOCCOc1ccccc1)CC(=O)OCC1CO1. The molecule has 1 aromatic carbocycles. The fraction of sp³-hybridized carbons (Fsp3) is 0.786. The van der Waals surface area contributed by atoms with E-state index in [0.29, 0.717) is 78.9 Å². The van der Waals surface area contributed by atoms with Crippen molar-refractivity contribution in [3.8, 4) is 5.75 Å². The third kappa shape index (κ3) is 26.9. The lowest BCUT2D eigenvalue weighted by Crippen LogP contribution is -2.29. The van der Waals surface area contributed by atoms with E-state index in [-0.39, 0.29) is 56.7 Å². The van der Waals surface area contributed by atoms with Gasteiger partial charge in [-0.15, -0.1) is 0 Å². The number of hydrogen-bond donors (Lipinski definition) is 0. The van der Waals surface area contributed by atoms with Crippen molar-refractivity contribution in [2.45, 2.75) is 117 Å². The monoisotopic (exact) mass is 766 g/mol. The Bertz CT molecular complexity index is 1080. The lowest BCUT2D eigenvalue weighted by atomic mass is 9.75. The second-order valence-electron chi connectivity index (χ2n) is 14.4. The molecule has 54 heavy (non-hydrogen) atoms. The van der Waals surface area contributed by atoms with Crippen LogP contribution in [0.5, 0.6) is 5.75 Å². The molecule has 1 aliphatic rings. The summed E-state index contributed by atoms with van der Waals surface area (Å²) in [5.41, 5.74) is -0.655. The summed E-state index contributed by atoms with van der Waals surface area (Å²) in [6.07, 6.45) is 13.0. The zero-order chi connectivity index (χ0) is 39.0. The first-order valence-electron chi connectivity index (χ1n) is 20.4. The van der Waals surface area contributed by atoms with Crippen LogP contribution in [0.4, 0.5) is 0 Å². The lowest BCUT2D eigenvalue weighted by molar-refractivity contribution is -0.153.